The topological polar surface area (TPSA) is 149 Å². The molecule has 1 saturated heterocycles. The van der Waals surface area contributed by atoms with Crippen LogP contribution in [0.1, 0.15) is 97.3 Å². The van der Waals surface area contributed by atoms with E-state index in [-0.39, 0.29) is 6.61 Å². The Morgan fingerprint density at radius 3 is 1.40 bits per heavy atom. The Morgan fingerprint density at radius 2 is 0.983 bits per heavy atom. The van der Waals surface area contributed by atoms with Crippen LogP contribution in [-0.2, 0) is 14.3 Å². The van der Waals surface area contributed by atoms with Gasteiger partial charge in [-0.15, -0.1) is 0 Å². The van der Waals surface area contributed by atoms with E-state index >= 15 is 0 Å². The van der Waals surface area contributed by atoms with E-state index in [1.165, 1.54) is 51.4 Å². The van der Waals surface area contributed by atoms with Gasteiger partial charge in [-0.3, -0.25) is 4.79 Å². The molecule has 9 nitrogen and oxygen atoms in total. The van der Waals surface area contributed by atoms with Gasteiger partial charge in [-0.25, -0.2) is 0 Å². The molecule has 1 rings (SSSR count). The lowest BCUT2D eigenvalue weighted by molar-refractivity contribution is -0.302. The number of aliphatic hydroxyl groups excluding tert-OH is 5. The molecule has 1 aliphatic heterocycles. The van der Waals surface area contributed by atoms with Crippen LogP contribution < -0.4 is 5.32 Å². The summed E-state index contributed by atoms with van der Waals surface area (Å²) in [6, 6.07) is -0.958. The first-order valence-electron chi connectivity index (χ1n) is 19.2. The van der Waals surface area contributed by atoms with Crippen molar-refractivity contribution in [1.82, 2.24) is 5.32 Å². The van der Waals surface area contributed by atoms with E-state index in [2.05, 4.69) is 154 Å². The fourth-order valence-corrected chi connectivity index (χ4v) is 5.03. The summed E-state index contributed by atoms with van der Waals surface area (Å²) in [6.45, 7) is 2.96. The average Bonchev–Trinajstić information content (AvgIpc) is 3.22. The summed E-state index contributed by atoms with van der Waals surface area (Å²) in [7, 11) is 0. The minimum Gasteiger partial charge on any atom is -0.394 e. The third-order valence-electron chi connectivity index (χ3n) is 8.04. The minimum atomic E-state index is -1.63. The molecule has 0 aliphatic carbocycles. The first kappa shape index (κ1) is 49.9. The van der Waals surface area contributed by atoms with Crippen LogP contribution in [0.5, 0.6) is 0 Å². The van der Waals surface area contributed by atoms with Gasteiger partial charge in [-0.2, -0.15) is 0 Å². The van der Waals surface area contributed by atoms with Crippen molar-refractivity contribution >= 4 is 5.91 Å². The summed E-state index contributed by atoms with van der Waals surface area (Å²) in [5.41, 5.74) is 0. The highest BCUT2D eigenvalue weighted by Gasteiger charge is 2.44. The molecule has 0 aromatic rings. The summed E-state index contributed by atoms with van der Waals surface area (Å²) < 4.78 is 11.0. The number of carbonyl (C=O) groups excluding carboxylic acids is 1. The number of rotatable bonds is 19. The molecule has 1 fully saturated rings. The quantitative estimate of drug-likeness (QED) is 0.0860. The maximum Gasteiger partial charge on any atom is 0.297 e. The number of hydrogen-bond donors (Lipinski definition) is 6. The number of hydrogen-bond acceptors (Lipinski definition) is 8. The molecule has 1 heterocycles. The van der Waals surface area contributed by atoms with Crippen LogP contribution in [0.25, 0.3) is 0 Å². The molecule has 9 heteroatoms. The van der Waals surface area contributed by atoms with Gasteiger partial charge in [0.1, 0.15) is 24.4 Å². The molecular weight excluding hydrogens is 731 g/mol. The number of amides is 1. The second-order valence-corrected chi connectivity index (χ2v) is 12.5. The van der Waals surface area contributed by atoms with Gasteiger partial charge in [0.25, 0.3) is 5.91 Å². The van der Waals surface area contributed by atoms with Gasteiger partial charge in [0, 0.05) is 41.4 Å². The lowest BCUT2D eigenvalue weighted by Crippen LogP contribution is -2.60. The smallest absolute Gasteiger partial charge is 0.297 e. The summed E-state index contributed by atoms with van der Waals surface area (Å²) in [6.07, 6.45) is 5.87. The van der Waals surface area contributed by atoms with Crippen LogP contribution in [0, 0.1) is 142 Å². The predicted octanol–water partition coefficient (Wildman–Crippen LogP) is 1.80. The van der Waals surface area contributed by atoms with Crippen molar-refractivity contribution in [3.63, 3.8) is 0 Å². The van der Waals surface area contributed by atoms with Gasteiger partial charge in [0.2, 0.25) is 0 Å². The molecule has 0 bridgehead atoms. The van der Waals surface area contributed by atoms with Gasteiger partial charge >= 0.3 is 0 Å². The summed E-state index contributed by atoms with van der Waals surface area (Å²) in [5.74, 6) is 58.9. The summed E-state index contributed by atoms with van der Waals surface area (Å²) in [5, 5.41) is 53.6. The van der Waals surface area contributed by atoms with Crippen LogP contribution >= 0.6 is 0 Å². The van der Waals surface area contributed by atoms with E-state index < -0.39 is 55.4 Å². The van der Waals surface area contributed by atoms with E-state index in [4.69, 9.17) is 9.47 Å². The Hall–Kier alpha value is -6.09. The van der Waals surface area contributed by atoms with E-state index in [0.717, 1.165) is 19.3 Å². The minimum absolute atomic E-state index is 0.318. The zero-order valence-electron chi connectivity index (χ0n) is 33.1. The van der Waals surface area contributed by atoms with Crippen LogP contribution in [0.15, 0.2) is 0 Å². The standard InChI is InChI=1S/C49H49NO8/c1-3-5-7-9-11-13-15-17-18-19-20-21-22-23-24-25-26-27-29-31-33-35-37-39-45(53)50-42(41-57-49-48(56)47(55)46(54)44(40-51)58-49)43(52)38-36-34-32-30-28-16-14-12-10-8-6-4-2/h42-44,46-49,51-52,54-56H,4,6,8,10,12,14,16,28,30,32,34,36,38,40-41H2,1-2H3,(H,50,53)/t42-,43+,44?,46-,47-,48?,49-/m0/s1. The molecule has 2 unspecified atom stereocenters. The Labute approximate surface area is 345 Å². The molecule has 0 spiro atoms. The lowest BCUT2D eigenvalue weighted by Gasteiger charge is -2.40. The Kier molecular flexibility index (Phi) is 30.4. The highest BCUT2D eigenvalue weighted by molar-refractivity contribution is 5.94. The molecule has 7 atom stereocenters. The normalized spacial score (nSPS) is 17.4. The molecule has 298 valence electrons. The number of carbonyl (C=O) groups is 1. The average molecular weight is 780 g/mol. The maximum absolute atomic E-state index is 12.6. The van der Waals surface area contributed by atoms with Crippen molar-refractivity contribution in [2.45, 2.75) is 140 Å². The van der Waals surface area contributed by atoms with Crippen molar-refractivity contribution < 1.29 is 39.8 Å². The molecule has 0 radical (unpaired) electrons. The number of nitrogens with one attached hydrogen (secondary N) is 1. The summed E-state index contributed by atoms with van der Waals surface area (Å²) >= 11 is 0. The molecule has 0 saturated carbocycles. The van der Waals surface area contributed by atoms with Crippen molar-refractivity contribution in [2.24, 2.45) is 0 Å². The SMILES string of the molecule is CC#CC#CC#CC#CC#CC#CC#CC#CC#CC#CC#CC#CC(=O)N[C@@H](CO[C@H]1OC(CO)[C@H](O)[C@H](O)C1O)[C@H](O)CCCCCCCCCCCCCC. The largest absolute Gasteiger partial charge is 0.394 e. The van der Waals surface area contributed by atoms with E-state index in [0.29, 0.717) is 12.8 Å². The lowest BCUT2D eigenvalue weighted by atomic mass is 9.99. The van der Waals surface area contributed by atoms with Gasteiger partial charge < -0.3 is 40.3 Å². The molecule has 1 aliphatic rings. The maximum atomic E-state index is 12.6. The van der Waals surface area contributed by atoms with Gasteiger partial charge in [0.05, 0.1) is 25.4 Å². The molecule has 0 aromatic heterocycles. The van der Waals surface area contributed by atoms with Crippen molar-refractivity contribution in [3.05, 3.63) is 0 Å². The number of unbranched alkanes of at least 4 members (excludes halogenated alkanes) is 11. The van der Waals surface area contributed by atoms with Gasteiger partial charge in [-0.1, -0.05) is 89.9 Å². The molecule has 0 aromatic carbocycles. The molecular formula is C49H49NO8. The van der Waals surface area contributed by atoms with E-state index in [1.807, 2.05) is 0 Å². The van der Waals surface area contributed by atoms with E-state index in [9.17, 15) is 30.3 Å². The predicted molar refractivity (Wildman–Crippen MR) is 222 cm³/mol. The Balaban J connectivity index is 2.68. The molecule has 1 amide bonds. The van der Waals surface area contributed by atoms with Crippen molar-refractivity contribution in [2.75, 3.05) is 13.2 Å². The molecule has 58 heavy (non-hydrogen) atoms. The van der Waals surface area contributed by atoms with Crippen LogP contribution in [0.3, 0.4) is 0 Å². The van der Waals surface area contributed by atoms with Gasteiger partial charge in [0.15, 0.2) is 6.29 Å². The second-order valence-electron chi connectivity index (χ2n) is 12.5. The third kappa shape index (κ3) is 25.9. The first-order valence-corrected chi connectivity index (χ1v) is 19.2. The Bertz CT molecular complexity index is 2080. The van der Waals surface area contributed by atoms with E-state index in [1.54, 1.807) is 6.92 Å². The zero-order chi connectivity index (χ0) is 42.3. The zero-order valence-corrected chi connectivity index (χ0v) is 33.1. The van der Waals surface area contributed by atoms with Gasteiger partial charge in [-0.05, 0) is 108 Å². The highest BCUT2D eigenvalue weighted by atomic mass is 16.7. The highest BCUT2D eigenvalue weighted by Crippen LogP contribution is 2.22. The van der Waals surface area contributed by atoms with Crippen molar-refractivity contribution in [1.29, 1.82) is 0 Å². The van der Waals surface area contributed by atoms with Crippen LogP contribution in [0.2, 0.25) is 0 Å². The van der Waals surface area contributed by atoms with Crippen LogP contribution in [0.4, 0.5) is 0 Å². The third-order valence-corrected chi connectivity index (χ3v) is 8.04. The number of aliphatic hydroxyl groups is 5. The first-order chi connectivity index (χ1) is 28.3. The Morgan fingerprint density at radius 1 is 0.586 bits per heavy atom. The van der Waals surface area contributed by atoms with Crippen molar-refractivity contribution in [3.8, 4) is 142 Å². The monoisotopic (exact) mass is 779 g/mol. The fraction of sp³-hybridized carbons (Fsp3) is 0.490. The molecule has 6 N–H and O–H groups in total. The summed E-state index contributed by atoms with van der Waals surface area (Å²) in [4.78, 5) is 12.6. The van der Waals surface area contributed by atoms with Crippen LogP contribution in [-0.4, -0.2) is 87.5 Å². The second kappa shape index (κ2) is 35.3. The fourth-order valence-electron chi connectivity index (χ4n) is 5.03. The number of ether oxygens (including phenoxy) is 2.